The molecule has 2 fully saturated rings. The first-order chi connectivity index (χ1) is 13.2. The fraction of sp³-hybridized carbons (Fsp3) is 0.571. The Morgan fingerprint density at radius 2 is 1.71 bits per heavy atom. The zero-order chi connectivity index (χ0) is 19.1. The van der Waals surface area contributed by atoms with Gasteiger partial charge in [0.1, 0.15) is 0 Å². The van der Waals surface area contributed by atoms with Gasteiger partial charge in [0.05, 0.1) is 0 Å². The molecule has 2 amide bonds. The normalized spacial score (nSPS) is 23.2. The molecule has 0 spiro atoms. The molecule has 1 saturated carbocycles. The van der Waals surface area contributed by atoms with Gasteiger partial charge in [0.2, 0.25) is 11.8 Å². The number of aliphatic imine (C=N–C) groups is 1. The zero-order valence-corrected chi connectivity index (χ0v) is 18.9. The van der Waals surface area contributed by atoms with Crippen LogP contribution in [0.1, 0.15) is 56.4 Å². The first kappa shape index (κ1) is 22.6. The van der Waals surface area contributed by atoms with E-state index in [1.807, 2.05) is 0 Å². The van der Waals surface area contributed by atoms with Gasteiger partial charge in [-0.3, -0.25) is 19.5 Å². The molecule has 1 saturated heterocycles. The van der Waals surface area contributed by atoms with Crippen molar-refractivity contribution < 1.29 is 9.59 Å². The van der Waals surface area contributed by atoms with Crippen LogP contribution in [0.4, 0.5) is 0 Å². The summed E-state index contributed by atoms with van der Waals surface area (Å²) in [6, 6.07) is 11.2. The van der Waals surface area contributed by atoms with Gasteiger partial charge in [-0.05, 0) is 43.6 Å². The quantitative estimate of drug-likeness (QED) is 0.283. The predicted octanol–water partition coefficient (Wildman–Crippen LogP) is 3.03. The lowest BCUT2D eigenvalue weighted by Crippen LogP contribution is -2.48. The van der Waals surface area contributed by atoms with Gasteiger partial charge in [0.25, 0.3) is 0 Å². The highest BCUT2D eigenvalue weighted by Gasteiger charge is 2.26. The van der Waals surface area contributed by atoms with Crippen LogP contribution in [0.25, 0.3) is 0 Å². The second-order valence-corrected chi connectivity index (χ2v) is 7.40. The molecule has 154 valence electrons. The number of hydrogen-bond acceptors (Lipinski definition) is 3. The number of halogens is 1. The highest BCUT2D eigenvalue weighted by atomic mass is 127. The number of nitrogens with one attached hydrogen (secondary N) is 2. The molecular formula is C21H31IN4O2. The zero-order valence-electron chi connectivity index (χ0n) is 16.5. The van der Waals surface area contributed by atoms with Crippen molar-refractivity contribution in [2.45, 2.75) is 56.9 Å². The van der Waals surface area contributed by atoms with Gasteiger partial charge in [0.15, 0.2) is 5.96 Å². The van der Waals surface area contributed by atoms with E-state index in [0.29, 0.717) is 44.3 Å². The molecule has 7 heteroatoms. The fourth-order valence-corrected chi connectivity index (χ4v) is 4.02. The van der Waals surface area contributed by atoms with Crippen molar-refractivity contribution in [3.63, 3.8) is 0 Å². The van der Waals surface area contributed by atoms with Crippen molar-refractivity contribution >= 4 is 41.8 Å². The Balaban J connectivity index is 0.00000280. The fourth-order valence-electron chi connectivity index (χ4n) is 4.02. The molecule has 0 aromatic heterocycles. The third kappa shape index (κ3) is 6.18. The summed E-state index contributed by atoms with van der Waals surface area (Å²) in [6.07, 6.45) is 6.21. The molecule has 0 atom stereocenters. The summed E-state index contributed by atoms with van der Waals surface area (Å²) in [5, 5.41) is 6.73. The molecule has 0 unspecified atom stereocenters. The number of benzene rings is 1. The third-order valence-corrected chi connectivity index (χ3v) is 5.57. The summed E-state index contributed by atoms with van der Waals surface area (Å²) in [7, 11) is 1.75. The topological polar surface area (TPSA) is 73.8 Å². The Bertz CT molecular complexity index is 656. The molecule has 3 rings (SSSR count). The van der Waals surface area contributed by atoms with Crippen LogP contribution < -0.4 is 10.6 Å². The Morgan fingerprint density at radius 3 is 2.32 bits per heavy atom. The molecule has 6 nitrogen and oxygen atoms in total. The Morgan fingerprint density at radius 1 is 1.07 bits per heavy atom. The van der Waals surface area contributed by atoms with Crippen molar-refractivity contribution in [2.24, 2.45) is 4.99 Å². The van der Waals surface area contributed by atoms with Crippen molar-refractivity contribution in [1.82, 2.24) is 15.5 Å². The third-order valence-electron chi connectivity index (χ3n) is 5.57. The molecule has 1 aliphatic heterocycles. The van der Waals surface area contributed by atoms with Crippen molar-refractivity contribution in [3.05, 3.63) is 35.9 Å². The summed E-state index contributed by atoms with van der Waals surface area (Å²) >= 11 is 0. The van der Waals surface area contributed by atoms with E-state index in [1.54, 1.807) is 7.05 Å². The Hall–Kier alpha value is -1.64. The molecule has 28 heavy (non-hydrogen) atoms. The Labute approximate surface area is 184 Å². The van der Waals surface area contributed by atoms with E-state index < -0.39 is 0 Å². The van der Waals surface area contributed by atoms with Crippen LogP contribution in [0.5, 0.6) is 0 Å². The lowest BCUT2D eigenvalue weighted by Gasteiger charge is -2.30. The first-order valence-electron chi connectivity index (χ1n) is 10.0. The van der Waals surface area contributed by atoms with Gasteiger partial charge in [-0.15, -0.1) is 24.0 Å². The number of rotatable bonds is 5. The van der Waals surface area contributed by atoms with Crippen LogP contribution >= 0.6 is 24.0 Å². The predicted molar refractivity (Wildman–Crippen MR) is 122 cm³/mol. The average Bonchev–Trinajstić information content (AvgIpc) is 2.70. The number of piperidine rings is 1. The molecule has 0 bridgehead atoms. The van der Waals surface area contributed by atoms with Gasteiger partial charge < -0.3 is 10.6 Å². The number of amides is 2. The van der Waals surface area contributed by atoms with E-state index in [1.165, 1.54) is 23.3 Å². The maximum absolute atomic E-state index is 11.8. The van der Waals surface area contributed by atoms with E-state index in [2.05, 4.69) is 46.0 Å². The van der Waals surface area contributed by atoms with Crippen LogP contribution in [-0.4, -0.2) is 48.9 Å². The standard InChI is InChI=1S/C21H30N4O2.HI/c1-22-21(23-14-15-25-19(26)8-5-9-20(25)27)24-18-12-10-17(11-13-18)16-6-3-2-4-7-16;/h2-4,6-7,17-18H,5,8-15H2,1H3,(H2,22,23,24);1H. The van der Waals surface area contributed by atoms with Crippen molar-refractivity contribution in [1.29, 1.82) is 0 Å². The Kier molecular flexibility index (Phi) is 9.21. The summed E-state index contributed by atoms with van der Waals surface area (Å²) in [5.74, 6) is 1.27. The molecule has 2 aliphatic rings. The number of nitrogens with zero attached hydrogens (tertiary/aromatic N) is 2. The van der Waals surface area contributed by atoms with Gasteiger partial charge in [-0.1, -0.05) is 30.3 Å². The lowest BCUT2D eigenvalue weighted by molar-refractivity contribution is -0.147. The van der Waals surface area contributed by atoms with Crippen LogP contribution in [0, 0.1) is 0 Å². The largest absolute Gasteiger partial charge is 0.355 e. The van der Waals surface area contributed by atoms with Crippen molar-refractivity contribution in [3.8, 4) is 0 Å². The van der Waals surface area contributed by atoms with Crippen LogP contribution in [0.2, 0.25) is 0 Å². The summed E-state index contributed by atoms with van der Waals surface area (Å²) in [4.78, 5) is 29.3. The number of likely N-dealkylation sites (tertiary alicyclic amines) is 1. The van der Waals surface area contributed by atoms with E-state index in [9.17, 15) is 9.59 Å². The highest BCUT2D eigenvalue weighted by molar-refractivity contribution is 14.0. The van der Waals surface area contributed by atoms with Crippen molar-refractivity contribution in [2.75, 3.05) is 20.1 Å². The number of imide groups is 1. The summed E-state index contributed by atoms with van der Waals surface area (Å²) in [6.45, 7) is 0.926. The van der Waals surface area contributed by atoms with Gasteiger partial charge in [-0.2, -0.15) is 0 Å². The van der Waals surface area contributed by atoms with Gasteiger partial charge in [0, 0.05) is 39.0 Å². The number of carbonyl (C=O) groups excluding carboxylic acids is 2. The minimum atomic E-state index is -0.0600. The highest BCUT2D eigenvalue weighted by Crippen LogP contribution is 2.32. The van der Waals surface area contributed by atoms with Crippen LogP contribution in [0.3, 0.4) is 0 Å². The van der Waals surface area contributed by atoms with Crippen LogP contribution in [0.15, 0.2) is 35.3 Å². The SMILES string of the molecule is CN=C(NCCN1C(=O)CCCC1=O)NC1CCC(c2ccccc2)CC1.I. The molecule has 1 heterocycles. The molecule has 2 N–H and O–H groups in total. The minimum absolute atomic E-state index is 0. The van der Waals surface area contributed by atoms with Crippen LogP contribution in [-0.2, 0) is 9.59 Å². The second-order valence-electron chi connectivity index (χ2n) is 7.40. The number of hydrogen-bond donors (Lipinski definition) is 2. The maximum atomic E-state index is 11.8. The van der Waals surface area contributed by atoms with E-state index in [4.69, 9.17) is 0 Å². The summed E-state index contributed by atoms with van der Waals surface area (Å²) in [5.41, 5.74) is 1.44. The van der Waals surface area contributed by atoms with Gasteiger partial charge >= 0.3 is 0 Å². The summed E-state index contributed by atoms with van der Waals surface area (Å²) < 4.78 is 0. The molecule has 1 aromatic rings. The number of carbonyl (C=O) groups is 2. The molecule has 1 aromatic carbocycles. The average molecular weight is 498 g/mol. The monoisotopic (exact) mass is 498 g/mol. The number of guanidine groups is 1. The lowest BCUT2D eigenvalue weighted by atomic mass is 9.82. The maximum Gasteiger partial charge on any atom is 0.229 e. The van der Waals surface area contributed by atoms with E-state index in [-0.39, 0.29) is 35.8 Å². The molecule has 1 aliphatic carbocycles. The van der Waals surface area contributed by atoms with Gasteiger partial charge in [-0.25, -0.2) is 0 Å². The molecular weight excluding hydrogens is 467 g/mol. The first-order valence-corrected chi connectivity index (χ1v) is 10.0. The smallest absolute Gasteiger partial charge is 0.229 e. The molecule has 0 radical (unpaired) electrons. The minimum Gasteiger partial charge on any atom is -0.355 e. The van der Waals surface area contributed by atoms with E-state index >= 15 is 0 Å². The van der Waals surface area contributed by atoms with E-state index in [0.717, 1.165) is 18.8 Å². The second kappa shape index (κ2) is 11.4.